The molecule has 0 aliphatic rings. The van der Waals surface area contributed by atoms with E-state index < -0.39 is 26.6 Å². The van der Waals surface area contributed by atoms with Crippen LogP contribution in [0.15, 0.2) is 36.5 Å². The Labute approximate surface area is 347 Å². The molecule has 3 atom stereocenters. The molecule has 0 bridgehead atoms. The molecule has 0 rings (SSSR count). The van der Waals surface area contributed by atoms with Crippen LogP contribution in [0, 0.1) is 0 Å². The number of allylic oxidation sites excluding steroid dienone is 5. The Morgan fingerprint density at radius 1 is 0.607 bits per heavy atom. The van der Waals surface area contributed by atoms with Crippen LogP contribution in [-0.2, 0) is 18.4 Å². The van der Waals surface area contributed by atoms with Gasteiger partial charge in [-0.05, 0) is 57.8 Å². The third kappa shape index (κ3) is 40.9. The minimum atomic E-state index is -4.59. The van der Waals surface area contributed by atoms with E-state index in [0.717, 1.165) is 38.5 Å². The first-order valence-electron chi connectivity index (χ1n) is 23.4. The number of carbonyl (C=O) groups excluding carboxylic acids is 1. The fourth-order valence-electron chi connectivity index (χ4n) is 6.57. The highest BCUT2D eigenvalue weighted by Gasteiger charge is 2.23. The van der Waals surface area contributed by atoms with E-state index in [-0.39, 0.29) is 12.5 Å². The summed E-state index contributed by atoms with van der Waals surface area (Å²) in [5.41, 5.74) is 0. The highest BCUT2D eigenvalue weighted by molar-refractivity contribution is 7.45. The van der Waals surface area contributed by atoms with Crippen LogP contribution < -0.4 is 10.2 Å². The summed E-state index contributed by atoms with van der Waals surface area (Å²) in [4.78, 5) is 25.3. The van der Waals surface area contributed by atoms with Gasteiger partial charge in [0.05, 0.1) is 39.9 Å². The molecule has 1 amide bonds. The fraction of sp³-hybridized carbons (Fsp3) is 0.851. The summed E-state index contributed by atoms with van der Waals surface area (Å²) in [6.45, 7) is 4.60. The molecule has 0 aromatic rings. The Morgan fingerprint density at radius 3 is 1.45 bits per heavy atom. The molecule has 0 aromatic heterocycles. The zero-order chi connectivity index (χ0) is 41.4. The van der Waals surface area contributed by atoms with Crippen molar-refractivity contribution in [3.8, 4) is 0 Å². The Kier molecular flexibility index (Phi) is 38.3. The van der Waals surface area contributed by atoms with E-state index in [4.69, 9.17) is 9.05 Å². The second kappa shape index (κ2) is 39.2. The molecule has 0 aliphatic carbocycles. The summed E-state index contributed by atoms with van der Waals surface area (Å²) in [7, 11) is 1.24. The number of quaternary nitrogens is 1. The van der Waals surface area contributed by atoms with Gasteiger partial charge in [0.15, 0.2) is 0 Å². The molecule has 0 saturated heterocycles. The molecule has 56 heavy (non-hydrogen) atoms. The van der Waals surface area contributed by atoms with Gasteiger partial charge in [-0.15, -0.1) is 0 Å². The van der Waals surface area contributed by atoms with Gasteiger partial charge in [-0.25, -0.2) is 0 Å². The highest BCUT2D eigenvalue weighted by Crippen LogP contribution is 2.38. The molecule has 0 aliphatic heterocycles. The maximum atomic E-state index is 12.8. The second-order valence-electron chi connectivity index (χ2n) is 17.1. The highest BCUT2D eigenvalue weighted by atomic mass is 31.2. The molecule has 9 heteroatoms. The van der Waals surface area contributed by atoms with Gasteiger partial charge in [-0.3, -0.25) is 9.36 Å². The number of nitrogens with zero attached hydrogens (tertiary/aromatic N) is 1. The van der Waals surface area contributed by atoms with Crippen LogP contribution in [0.5, 0.6) is 0 Å². The summed E-state index contributed by atoms with van der Waals surface area (Å²) in [6, 6.07) is -0.900. The lowest BCUT2D eigenvalue weighted by atomic mass is 10.0. The van der Waals surface area contributed by atoms with Gasteiger partial charge in [-0.1, -0.05) is 179 Å². The number of rotatable bonds is 42. The number of hydrogen-bond acceptors (Lipinski definition) is 6. The lowest BCUT2D eigenvalue weighted by molar-refractivity contribution is -0.870. The minimum absolute atomic E-state index is 0.00639. The van der Waals surface area contributed by atoms with Crippen molar-refractivity contribution in [3.63, 3.8) is 0 Å². The first-order valence-corrected chi connectivity index (χ1v) is 24.8. The molecule has 330 valence electrons. The van der Waals surface area contributed by atoms with E-state index in [2.05, 4.69) is 43.5 Å². The number of likely N-dealkylation sites (N-methyl/N-ethyl adjacent to an activating group) is 1. The molecular weight excluding hydrogens is 719 g/mol. The van der Waals surface area contributed by atoms with E-state index >= 15 is 0 Å². The van der Waals surface area contributed by atoms with Crippen LogP contribution in [0.25, 0.3) is 0 Å². The molecule has 0 radical (unpaired) electrons. The lowest BCUT2D eigenvalue weighted by Gasteiger charge is -2.29. The third-order valence-corrected chi connectivity index (χ3v) is 11.3. The molecule has 2 N–H and O–H groups in total. The Bertz CT molecular complexity index is 1010. The number of aliphatic hydroxyl groups is 1. The van der Waals surface area contributed by atoms with Crippen LogP contribution >= 0.6 is 7.82 Å². The van der Waals surface area contributed by atoms with Crippen molar-refractivity contribution < 1.29 is 32.9 Å². The summed E-state index contributed by atoms with van der Waals surface area (Å²) in [6.07, 6.45) is 47.8. The number of aliphatic hydroxyl groups excluding tert-OH is 1. The predicted molar refractivity (Wildman–Crippen MR) is 238 cm³/mol. The number of phosphoric acid groups is 1. The number of hydrogen-bond donors (Lipinski definition) is 2. The first-order chi connectivity index (χ1) is 27.0. The van der Waals surface area contributed by atoms with Crippen molar-refractivity contribution in [2.24, 2.45) is 0 Å². The molecule has 8 nitrogen and oxygen atoms in total. The van der Waals surface area contributed by atoms with Crippen molar-refractivity contribution in [2.75, 3.05) is 40.9 Å². The largest absolute Gasteiger partial charge is 0.756 e. The lowest BCUT2D eigenvalue weighted by Crippen LogP contribution is -2.45. The van der Waals surface area contributed by atoms with E-state index in [1.807, 2.05) is 27.2 Å². The topological polar surface area (TPSA) is 108 Å². The molecule has 0 aromatic carbocycles. The van der Waals surface area contributed by atoms with Gasteiger partial charge in [0.25, 0.3) is 7.82 Å². The number of amides is 1. The van der Waals surface area contributed by atoms with E-state index in [1.165, 1.54) is 148 Å². The second-order valence-corrected chi connectivity index (χ2v) is 18.5. The van der Waals surface area contributed by atoms with E-state index in [1.54, 1.807) is 6.08 Å². The zero-order valence-electron chi connectivity index (χ0n) is 37.3. The Hall–Kier alpha value is -1.28. The van der Waals surface area contributed by atoms with Gasteiger partial charge in [0.1, 0.15) is 13.2 Å². The number of nitrogens with one attached hydrogen (secondary N) is 1. The van der Waals surface area contributed by atoms with Crippen LogP contribution in [0.4, 0.5) is 0 Å². The van der Waals surface area contributed by atoms with Crippen molar-refractivity contribution >= 4 is 13.7 Å². The summed E-state index contributed by atoms with van der Waals surface area (Å²) in [5.74, 6) is -0.210. The van der Waals surface area contributed by atoms with Gasteiger partial charge >= 0.3 is 0 Å². The zero-order valence-corrected chi connectivity index (χ0v) is 38.2. The summed E-state index contributed by atoms with van der Waals surface area (Å²) >= 11 is 0. The Balaban J connectivity index is 4.26. The molecule has 3 unspecified atom stereocenters. The van der Waals surface area contributed by atoms with Crippen molar-refractivity contribution in [2.45, 2.75) is 219 Å². The van der Waals surface area contributed by atoms with E-state index in [9.17, 15) is 19.4 Å². The average molecular weight is 811 g/mol. The van der Waals surface area contributed by atoms with Crippen LogP contribution in [0.3, 0.4) is 0 Å². The van der Waals surface area contributed by atoms with E-state index in [0.29, 0.717) is 17.4 Å². The molecule has 0 fully saturated rings. The molecular formula is C47H91N2O6P. The van der Waals surface area contributed by atoms with Crippen LogP contribution in [-0.4, -0.2) is 68.5 Å². The van der Waals surface area contributed by atoms with Crippen LogP contribution in [0.2, 0.25) is 0 Å². The van der Waals surface area contributed by atoms with Crippen molar-refractivity contribution in [3.05, 3.63) is 36.5 Å². The fourth-order valence-corrected chi connectivity index (χ4v) is 7.30. The van der Waals surface area contributed by atoms with Gasteiger partial charge in [-0.2, -0.15) is 0 Å². The Morgan fingerprint density at radius 2 is 1.00 bits per heavy atom. The SMILES string of the molecule is CCCCCCC/C=C/CC/C=C/C(O)C(COP(=O)([O-])OCC[N+](C)(C)C)NC(=O)CCCCCCCCCCCCC/C=C\CCCCCCCCCC. The van der Waals surface area contributed by atoms with Crippen molar-refractivity contribution in [1.82, 2.24) is 5.32 Å². The van der Waals surface area contributed by atoms with Gasteiger partial charge < -0.3 is 28.8 Å². The average Bonchev–Trinajstić information content (AvgIpc) is 3.15. The van der Waals surface area contributed by atoms with Gasteiger partial charge in [0, 0.05) is 6.42 Å². The quantitative estimate of drug-likeness (QED) is 0.0275. The number of carbonyl (C=O) groups is 1. The molecule has 0 saturated carbocycles. The standard InChI is InChI=1S/C47H91N2O6P/c1-6-8-10-12-14-16-18-19-20-21-22-23-24-25-26-27-28-29-31-33-35-37-39-41-47(51)48-45(44-55-56(52,53)54-43-42-49(3,4)5)46(50)40-38-36-34-32-30-17-15-13-11-9-7-2/h21-22,30,32,38,40,45-46,50H,6-20,23-29,31,33-37,39,41-44H2,1-5H3,(H-,48,51,52,53)/b22-21-,32-30+,40-38+. The smallest absolute Gasteiger partial charge is 0.268 e. The minimum Gasteiger partial charge on any atom is -0.756 e. The molecule has 0 heterocycles. The number of unbranched alkanes of at least 4 members (excludes halogenated alkanes) is 25. The van der Waals surface area contributed by atoms with Gasteiger partial charge in [0.2, 0.25) is 5.91 Å². The third-order valence-electron chi connectivity index (χ3n) is 10.3. The monoisotopic (exact) mass is 811 g/mol. The first kappa shape index (κ1) is 54.7. The maximum absolute atomic E-state index is 12.8. The number of phosphoric ester groups is 1. The predicted octanol–water partition coefficient (Wildman–Crippen LogP) is 12.5. The van der Waals surface area contributed by atoms with Crippen LogP contribution in [0.1, 0.15) is 206 Å². The molecule has 0 spiro atoms. The normalized spacial score (nSPS) is 14.6. The summed E-state index contributed by atoms with van der Waals surface area (Å²) in [5, 5.41) is 13.7. The van der Waals surface area contributed by atoms with Crippen molar-refractivity contribution in [1.29, 1.82) is 0 Å². The maximum Gasteiger partial charge on any atom is 0.268 e. The summed E-state index contributed by atoms with van der Waals surface area (Å²) < 4.78 is 23.1.